The number of rotatable bonds is 11. The first kappa shape index (κ1) is 25.7. The molecule has 0 bridgehead atoms. The highest BCUT2D eigenvalue weighted by molar-refractivity contribution is 6.74. The molecular formula is C23H35N3O5Si. The number of hydrogen-bond donors (Lipinski definition) is 0. The molecule has 0 aliphatic carbocycles. The molecule has 2 aromatic rings. The van der Waals surface area contributed by atoms with Crippen molar-refractivity contribution >= 4 is 20.1 Å². The number of hydrogen-bond acceptors (Lipinski definition) is 7. The smallest absolute Gasteiger partial charge is 0.356 e. The van der Waals surface area contributed by atoms with Gasteiger partial charge in [-0.15, -0.1) is 5.10 Å². The molecule has 0 aliphatic heterocycles. The lowest BCUT2D eigenvalue weighted by Gasteiger charge is -2.36. The molecule has 0 saturated carbocycles. The molecule has 0 fully saturated rings. The first-order chi connectivity index (χ1) is 14.9. The van der Waals surface area contributed by atoms with Crippen LogP contribution in [-0.2, 0) is 15.7 Å². The number of nitrogens with zero attached hydrogens (tertiary/aromatic N) is 3. The van der Waals surface area contributed by atoms with E-state index in [2.05, 4.69) is 43.9 Å². The third-order valence-electron chi connectivity index (χ3n) is 5.52. The van der Waals surface area contributed by atoms with Crippen LogP contribution in [-0.4, -0.2) is 54.7 Å². The zero-order valence-electron chi connectivity index (χ0n) is 20.2. The van der Waals surface area contributed by atoms with Gasteiger partial charge in [-0.25, -0.2) is 14.5 Å². The lowest BCUT2D eigenvalue weighted by molar-refractivity contribution is 0.0512. The predicted octanol–water partition coefficient (Wildman–Crippen LogP) is 4.44. The standard InChI is InChI=1S/C23H35N3O5Si/c1-8-29-22(28)19-15-21(30-13-10-14-31-32(6,7)23(3,4)5)25-26(19)16-20(27)18-12-9-11-17(2)24-18/h9,11-12,15H,8,10,13-14,16H2,1-7H3. The van der Waals surface area contributed by atoms with E-state index in [-0.39, 0.29) is 35.5 Å². The molecule has 8 nitrogen and oxygen atoms in total. The Morgan fingerprint density at radius 2 is 1.88 bits per heavy atom. The summed E-state index contributed by atoms with van der Waals surface area (Å²) in [6.07, 6.45) is 0.695. The normalized spacial score (nSPS) is 12.0. The van der Waals surface area contributed by atoms with E-state index in [0.717, 1.165) is 5.69 Å². The van der Waals surface area contributed by atoms with Gasteiger partial charge in [-0.05, 0) is 44.1 Å². The van der Waals surface area contributed by atoms with Gasteiger partial charge in [-0.3, -0.25) is 4.79 Å². The summed E-state index contributed by atoms with van der Waals surface area (Å²) in [5, 5.41) is 4.45. The summed E-state index contributed by atoms with van der Waals surface area (Å²) in [6.45, 7) is 15.6. The monoisotopic (exact) mass is 461 g/mol. The summed E-state index contributed by atoms with van der Waals surface area (Å²) in [7, 11) is -1.80. The van der Waals surface area contributed by atoms with E-state index in [0.29, 0.717) is 25.3 Å². The van der Waals surface area contributed by atoms with Crippen molar-refractivity contribution in [3.63, 3.8) is 0 Å². The van der Waals surface area contributed by atoms with E-state index >= 15 is 0 Å². The highest BCUT2D eigenvalue weighted by atomic mass is 28.4. The van der Waals surface area contributed by atoms with Crippen LogP contribution >= 0.6 is 0 Å². The van der Waals surface area contributed by atoms with Crippen LogP contribution in [0.2, 0.25) is 18.1 Å². The molecule has 2 aromatic heterocycles. The van der Waals surface area contributed by atoms with Crippen molar-refractivity contribution in [3.05, 3.63) is 41.3 Å². The average molecular weight is 462 g/mol. The molecule has 0 spiro atoms. The van der Waals surface area contributed by atoms with Crippen molar-refractivity contribution in [2.45, 2.75) is 65.7 Å². The topological polar surface area (TPSA) is 92.5 Å². The Hall–Kier alpha value is -2.52. The van der Waals surface area contributed by atoms with E-state index in [1.165, 1.54) is 10.7 Å². The maximum absolute atomic E-state index is 12.7. The fourth-order valence-electron chi connectivity index (χ4n) is 2.65. The zero-order chi connectivity index (χ0) is 23.9. The summed E-state index contributed by atoms with van der Waals surface area (Å²) in [4.78, 5) is 29.2. The second-order valence-corrected chi connectivity index (χ2v) is 14.0. The molecule has 32 heavy (non-hydrogen) atoms. The molecule has 176 valence electrons. The van der Waals surface area contributed by atoms with Gasteiger partial charge in [0, 0.05) is 24.8 Å². The molecule has 0 saturated heterocycles. The van der Waals surface area contributed by atoms with E-state index < -0.39 is 14.3 Å². The maximum Gasteiger partial charge on any atom is 0.356 e. The van der Waals surface area contributed by atoms with Crippen molar-refractivity contribution in [1.82, 2.24) is 14.8 Å². The lowest BCUT2D eigenvalue weighted by atomic mass is 10.2. The first-order valence-corrected chi connectivity index (χ1v) is 13.8. The third kappa shape index (κ3) is 6.99. The van der Waals surface area contributed by atoms with Crippen LogP contribution in [0.3, 0.4) is 0 Å². The number of esters is 1. The Morgan fingerprint density at radius 3 is 2.50 bits per heavy atom. The van der Waals surface area contributed by atoms with Gasteiger partial charge in [0.25, 0.3) is 0 Å². The molecule has 2 heterocycles. The SMILES string of the molecule is CCOC(=O)c1cc(OCCCO[Si](C)(C)C(C)(C)C)nn1CC(=O)c1cccc(C)n1. The predicted molar refractivity (Wildman–Crippen MR) is 125 cm³/mol. The van der Waals surface area contributed by atoms with Gasteiger partial charge in [-0.2, -0.15) is 0 Å². The van der Waals surface area contributed by atoms with Crippen LogP contribution < -0.4 is 4.74 Å². The molecule has 0 unspecified atom stereocenters. The molecule has 9 heteroatoms. The summed E-state index contributed by atoms with van der Waals surface area (Å²) in [5.41, 5.74) is 1.23. The van der Waals surface area contributed by atoms with E-state index in [1.54, 1.807) is 19.1 Å². The van der Waals surface area contributed by atoms with Gasteiger partial charge in [-0.1, -0.05) is 26.8 Å². The number of aromatic nitrogens is 3. The lowest BCUT2D eigenvalue weighted by Crippen LogP contribution is -2.41. The Kier molecular flexibility index (Phi) is 8.74. The molecule has 2 rings (SSSR count). The van der Waals surface area contributed by atoms with Crippen LogP contribution in [0, 0.1) is 6.92 Å². The molecular weight excluding hydrogens is 426 g/mol. The number of Topliss-reactive ketones (excluding diaryl/α,β-unsaturated/α-hetero) is 1. The van der Waals surface area contributed by atoms with Crippen LogP contribution in [0.4, 0.5) is 0 Å². The second-order valence-electron chi connectivity index (χ2n) is 9.14. The van der Waals surface area contributed by atoms with Gasteiger partial charge < -0.3 is 13.9 Å². The average Bonchev–Trinajstić information content (AvgIpc) is 3.09. The van der Waals surface area contributed by atoms with E-state index in [9.17, 15) is 9.59 Å². The number of ether oxygens (including phenoxy) is 2. The number of aryl methyl sites for hydroxylation is 1. The van der Waals surface area contributed by atoms with Crippen LogP contribution in [0.25, 0.3) is 0 Å². The highest BCUT2D eigenvalue weighted by Gasteiger charge is 2.36. The quantitative estimate of drug-likeness (QED) is 0.211. The van der Waals surface area contributed by atoms with Gasteiger partial charge in [0.1, 0.15) is 12.2 Å². The van der Waals surface area contributed by atoms with Crippen LogP contribution in [0.1, 0.15) is 60.8 Å². The van der Waals surface area contributed by atoms with E-state index in [1.807, 2.05) is 13.0 Å². The molecule has 0 amide bonds. The Morgan fingerprint density at radius 1 is 1.16 bits per heavy atom. The first-order valence-electron chi connectivity index (χ1n) is 10.9. The van der Waals surface area contributed by atoms with Crippen LogP contribution in [0.5, 0.6) is 5.88 Å². The Bertz CT molecular complexity index is 934. The Labute approximate surface area is 191 Å². The number of carbonyl (C=O) groups excluding carboxylic acids is 2. The van der Waals surface area contributed by atoms with Crippen molar-refractivity contribution in [2.75, 3.05) is 19.8 Å². The fraction of sp³-hybridized carbons (Fsp3) is 0.565. The minimum atomic E-state index is -1.80. The third-order valence-corrected chi connectivity index (χ3v) is 10.1. The summed E-state index contributed by atoms with van der Waals surface area (Å²) in [5.74, 6) is -0.539. The summed E-state index contributed by atoms with van der Waals surface area (Å²) < 4.78 is 18.3. The van der Waals surface area contributed by atoms with Crippen molar-refractivity contribution in [3.8, 4) is 5.88 Å². The highest BCUT2D eigenvalue weighted by Crippen LogP contribution is 2.36. The number of pyridine rings is 1. The second kappa shape index (κ2) is 10.9. The van der Waals surface area contributed by atoms with Crippen molar-refractivity contribution < 1.29 is 23.5 Å². The van der Waals surface area contributed by atoms with Gasteiger partial charge in [0.2, 0.25) is 11.7 Å². The van der Waals surface area contributed by atoms with Crippen molar-refractivity contribution in [1.29, 1.82) is 0 Å². The molecule has 0 radical (unpaired) electrons. The van der Waals surface area contributed by atoms with Crippen molar-refractivity contribution in [2.24, 2.45) is 0 Å². The number of carbonyl (C=O) groups is 2. The number of ketones is 1. The summed E-state index contributed by atoms with van der Waals surface area (Å²) >= 11 is 0. The molecule has 0 N–H and O–H groups in total. The van der Waals surface area contributed by atoms with Gasteiger partial charge in [0.15, 0.2) is 14.0 Å². The Balaban J connectivity index is 2.03. The van der Waals surface area contributed by atoms with Crippen LogP contribution in [0.15, 0.2) is 24.3 Å². The minimum Gasteiger partial charge on any atom is -0.477 e. The largest absolute Gasteiger partial charge is 0.477 e. The minimum absolute atomic E-state index is 0.136. The fourth-order valence-corrected chi connectivity index (χ4v) is 3.74. The van der Waals surface area contributed by atoms with Gasteiger partial charge in [0.05, 0.1) is 13.2 Å². The molecule has 0 aliphatic rings. The summed E-state index contributed by atoms with van der Waals surface area (Å²) in [6, 6.07) is 6.73. The van der Waals surface area contributed by atoms with E-state index in [4.69, 9.17) is 13.9 Å². The zero-order valence-corrected chi connectivity index (χ0v) is 21.2. The maximum atomic E-state index is 12.7. The van der Waals surface area contributed by atoms with Gasteiger partial charge >= 0.3 is 5.97 Å². The molecule has 0 aromatic carbocycles. The molecule has 0 atom stereocenters.